The number of carbonyl (C=O) groups excluding carboxylic acids is 1. The van der Waals surface area contributed by atoms with Crippen LogP contribution >= 0.6 is 22.9 Å². The molecule has 5 nitrogen and oxygen atoms in total. The summed E-state index contributed by atoms with van der Waals surface area (Å²) in [6.45, 7) is 0. The smallest absolute Gasteiger partial charge is 0.352 e. The Labute approximate surface area is 158 Å². The van der Waals surface area contributed by atoms with Crippen molar-refractivity contribution in [1.29, 1.82) is 0 Å². The number of amides is 1. The van der Waals surface area contributed by atoms with Crippen molar-refractivity contribution in [1.82, 2.24) is 10.3 Å². The van der Waals surface area contributed by atoms with Crippen LogP contribution in [0.25, 0.3) is 17.3 Å². The summed E-state index contributed by atoms with van der Waals surface area (Å²) in [6, 6.07) is 15.7. The van der Waals surface area contributed by atoms with Crippen molar-refractivity contribution >= 4 is 40.9 Å². The summed E-state index contributed by atoms with van der Waals surface area (Å²) in [7, 11) is 0. The van der Waals surface area contributed by atoms with Gasteiger partial charge in [-0.25, -0.2) is 9.78 Å². The lowest BCUT2D eigenvalue weighted by Crippen LogP contribution is -2.27. The van der Waals surface area contributed by atoms with Gasteiger partial charge >= 0.3 is 5.97 Å². The lowest BCUT2D eigenvalue weighted by molar-refractivity contribution is -0.132. The molecule has 7 heteroatoms. The molecule has 1 heterocycles. The third-order valence-electron chi connectivity index (χ3n) is 3.45. The Hall–Kier alpha value is -2.96. The van der Waals surface area contributed by atoms with E-state index in [-0.39, 0.29) is 5.70 Å². The number of rotatable bonds is 5. The lowest BCUT2D eigenvalue weighted by Gasteiger charge is -2.05. The summed E-state index contributed by atoms with van der Waals surface area (Å²) >= 11 is 7.42. The minimum atomic E-state index is -1.25. The van der Waals surface area contributed by atoms with E-state index >= 15 is 0 Å². The molecule has 0 saturated carbocycles. The number of thiazole rings is 1. The number of aromatic nitrogens is 1. The molecule has 0 bridgehead atoms. The number of hydrogen-bond donors (Lipinski definition) is 2. The van der Waals surface area contributed by atoms with Crippen LogP contribution in [0.15, 0.2) is 65.7 Å². The molecule has 0 aliphatic rings. The maximum atomic E-state index is 12.2. The Balaban J connectivity index is 1.85. The monoisotopic (exact) mass is 384 g/mol. The summed E-state index contributed by atoms with van der Waals surface area (Å²) in [5.74, 6) is -1.74. The van der Waals surface area contributed by atoms with Gasteiger partial charge in [-0.15, -0.1) is 11.3 Å². The lowest BCUT2D eigenvalue weighted by atomic mass is 10.2. The SMILES string of the molecule is O=C(O)C(=Cc1nc(-c2ccccc2Cl)cs1)NC(=O)c1ccccc1. The molecule has 0 spiro atoms. The number of carbonyl (C=O) groups is 2. The molecule has 3 rings (SSSR count). The molecule has 0 fully saturated rings. The van der Waals surface area contributed by atoms with Crippen molar-refractivity contribution in [2.24, 2.45) is 0 Å². The average Bonchev–Trinajstić information content (AvgIpc) is 3.10. The summed E-state index contributed by atoms with van der Waals surface area (Å²) in [5.41, 5.74) is 1.52. The normalized spacial score (nSPS) is 11.2. The molecule has 1 amide bonds. The number of hydrogen-bond acceptors (Lipinski definition) is 4. The summed E-state index contributed by atoms with van der Waals surface area (Å²) in [4.78, 5) is 28.0. The number of carboxylic acids is 1. The van der Waals surface area contributed by atoms with Crippen LogP contribution in [-0.2, 0) is 4.79 Å². The Morgan fingerprint density at radius 2 is 1.77 bits per heavy atom. The van der Waals surface area contributed by atoms with Gasteiger partial charge in [-0.05, 0) is 18.2 Å². The highest BCUT2D eigenvalue weighted by Crippen LogP contribution is 2.29. The Morgan fingerprint density at radius 3 is 2.46 bits per heavy atom. The molecule has 0 aliphatic carbocycles. The first-order valence-electron chi connectivity index (χ1n) is 7.56. The van der Waals surface area contributed by atoms with E-state index < -0.39 is 11.9 Å². The zero-order valence-electron chi connectivity index (χ0n) is 13.3. The van der Waals surface area contributed by atoms with Crippen molar-refractivity contribution < 1.29 is 14.7 Å². The maximum Gasteiger partial charge on any atom is 0.352 e. The maximum absolute atomic E-state index is 12.2. The molecule has 0 radical (unpaired) electrons. The molecule has 2 N–H and O–H groups in total. The summed E-state index contributed by atoms with van der Waals surface area (Å²) in [5, 5.41) is 14.6. The van der Waals surface area contributed by atoms with E-state index in [1.807, 2.05) is 18.2 Å². The minimum Gasteiger partial charge on any atom is -0.477 e. The van der Waals surface area contributed by atoms with Gasteiger partial charge in [0, 0.05) is 27.6 Å². The molecule has 0 aliphatic heterocycles. The zero-order chi connectivity index (χ0) is 18.5. The average molecular weight is 385 g/mol. The first-order valence-corrected chi connectivity index (χ1v) is 8.82. The molecular formula is C19H13ClN2O3S. The fourth-order valence-electron chi connectivity index (χ4n) is 2.21. The number of benzene rings is 2. The van der Waals surface area contributed by atoms with Gasteiger partial charge in [0.25, 0.3) is 5.91 Å². The van der Waals surface area contributed by atoms with Crippen LogP contribution in [0, 0.1) is 0 Å². The van der Waals surface area contributed by atoms with Crippen molar-refractivity contribution in [3.63, 3.8) is 0 Å². The van der Waals surface area contributed by atoms with Gasteiger partial charge in [-0.3, -0.25) is 4.79 Å². The first kappa shape index (κ1) is 17.8. The number of carboxylic acid groups (broad SMARTS) is 1. The quantitative estimate of drug-likeness (QED) is 0.642. The fraction of sp³-hybridized carbons (Fsp3) is 0. The van der Waals surface area contributed by atoms with E-state index in [1.165, 1.54) is 17.4 Å². The number of halogens is 1. The topological polar surface area (TPSA) is 79.3 Å². The number of nitrogens with one attached hydrogen (secondary N) is 1. The van der Waals surface area contributed by atoms with E-state index in [1.54, 1.807) is 41.8 Å². The molecule has 0 saturated heterocycles. The van der Waals surface area contributed by atoms with Crippen molar-refractivity contribution in [3.8, 4) is 11.3 Å². The predicted octanol–water partition coefficient (Wildman–Crippen LogP) is 4.32. The van der Waals surface area contributed by atoms with Gasteiger partial charge in [0.2, 0.25) is 0 Å². The largest absolute Gasteiger partial charge is 0.477 e. The minimum absolute atomic E-state index is 0.251. The molecule has 26 heavy (non-hydrogen) atoms. The highest BCUT2D eigenvalue weighted by atomic mass is 35.5. The van der Waals surface area contributed by atoms with Gasteiger partial charge < -0.3 is 10.4 Å². The standard InChI is InChI=1S/C19H13ClN2O3S/c20-14-9-5-4-8-13(14)16-11-26-17(21-16)10-15(19(24)25)22-18(23)12-6-2-1-3-7-12/h1-11H,(H,22,23)(H,24,25). The van der Waals surface area contributed by atoms with Gasteiger partial charge in [-0.1, -0.05) is 48.0 Å². The summed E-state index contributed by atoms with van der Waals surface area (Å²) in [6.07, 6.45) is 1.33. The third kappa shape index (κ3) is 4.17. The highest BCUT2D eigenvalue weighted by Gasteiger charge is 2.15. The molecule has 0 atom stereocenters. The molecule has 130 valence electrons. The van der Waals surface area contributed by atoms with Crippen LogP contribution < -0.4 is 5.32 Å². The summed E-state index contributed by atoms with van der Waals surface area (Å²) < 4.78 is 0. The Morgan fingerprint density at radius 1 is 1.08 bits per heavy atom. The molecule has 0 unspecified atom stereocenters. The second-order valence-electron chi connectivity index (χ2n) is 5.23. The number of aliphatic carboxylic acids is 1. The Bertz CT molecular complexity index is 983. The highest BCUT2D eigenvalue weighted by molar-refractivity contribution is 7.10. The molecule has 1 aromatic heterocycles. The van der Waals surface area contributed by atoms with E-state index in [0.717, 1.165) is 5.56 Å². The third-order valence-corrected chi connectivity index (χ3v) is 4.58. The van der Waals surface area contributed by atoms with E-state index in [2.05, 4.69) is 10.3 Å². The van der Waals surface area contributed by atoms with Crippen molar-refractivity contribution in [2.75, 3.05) is 0 Å². The molecule has 2 aromatic carbocycles. The van der Waals surface area contributed by atoms with Gasteiger partial charge in [0.15, 0.2) is 0 Å². The number of nitrogens with zero attached hydrogens (tertiary/aromatic N) is 1. The van der Waals surface area contributed by atoms with E-state index in [9.17, 15) is 14.7 Å². The Kier molecular flexibility index (Phi) is 5.46. The van der Waals surface area contributed by atoms with Crippen LogP contribution in [0.3, 0.4) is 0 Å². The van der Waals surface area contributed by atoms with Crippen LogP contribution in [-0.4, -0.2) is 22.0 Å². The molecular weight excluding hydrogens is 372 g/mol. The van der Waals surface area contributed by atoms with E-state index in [0.29, 0.717) is 21.3 Å². The van der Waals surface area contributed by atoms with Gasteiger partial charge in [0.05, 0.1) is 5.69 Å². The predicted molar refractivity (Wildman–Crippen MR) is 102 cm³/mol. The van der Waals surface area contributed by atoms with E-state index in [4.69, 9.17) is 11.6 Å². The molecule has 3 aromatic rings. The van der Waals surface area contributed by atoms with Gasteiger partial charge in [-0.2, -0.15) is 0 Å². The van der Waals surface area contributed by atoms with Crippen LogP contribution in [0.5, 0.6) is 0 Å². The second kappa shape index (κ2) is 7.95. The van der Waals surface area contributed by atoms with Crippen molar-refractivity contribution in [2.45, 2.75) is 0 Å². The first-order chi connectivity index (χ1) is 12.5. The van der Waals surface area contributed by atoms with Crippen LogP contribution in [0.4, 0.5) is 0 Å². The second-order valence-corrected chi connectivity index (χ2v) is 6.53. The zero-order valence-corrected chi connectivity index (χ0v) is 14.9. The van der Waals surface area contributed by atoms with Crippen molar-refractivity contribution in [3.05, 3.63) is 81.3 Å². The van der Waals surface area contributed by atoms with Crippen LogP contribution in [0.2, 0.25) is 5.02 Å². The van der Waals surface area contributed by atoms with Crippen LogP contribution in [0.1, 0.15) is 15.4 Å². The van der Waals surface area contributed by atoms with Gasteiger partial charge in [0.1, 0.15) is 10.7 Å². The fourth-order valence-corrected chi connectivity index (χ4v) is 3.19.